The van der Waals surface area contributed by atoms with Crippen LogP contribution in [0.4, 0.5) is 0 Å². The lowest BCUT2D eigenvalue weighted by Gasteiger charge is -2.21. The fourth-order valence-corrected chi connectivity index (χ4v) is 1.35. The lowest BCUT2D eigenvalue weighted by atomic mass is 9.86. The summed E-state index contributed by atoms with van der Waals surface area (Å²) in [6, 6.07) is 0. The summed E-state index contributed by atoms with van der Waals surface area (Å²) in [7, 11) is 2.01. The summed E-state index contributed by atoms with van der Waals surface area (Å²) in [6.07, 6.45) is 2.36. The quantitative estimate of drug-likeness (QED) is 0.603. The number of nitrogens with one attached hydrogen (secondary N) is 1. The second-order valence-corrected chi connectivity index (χ2v) is 3.67. The zero-order valence-corrected chi connectivity index (χ0v) is 8.98. The molecule has 0 aliphatic heterocycles. The highest BCUT2D eigenvalue weighted by atomic mass is 14.8. The third-order valence-electron chi connectivity index (χ3n) is 2.80. The maximum Gasteiger partial charge on any atom is -0.00492 e. The van der Waals surface area contributed by atoms with E-state index >= 15 is 0 Å². The lowest BCUT2D eigenvalue weighted by molar-refractivity contribution is 0.400. The summed E-state index contributed by atoms with van der Waals surface area (Å²) < 4.78 is 0. The Morgan fingerprint density at radius 2 is 2.00 bits per heavy atom. The fraction of sp³-hybridized carbons (Fsp3) is 0.818. The molecule has 2 unspecified atom stereocenters. The van der Waals surface area contributed by atoms with Gasteiger partial charge in [-0.3, -0.25) is 0 Å². The van der Waals surface area contributed by atoms with E-state index in [2.05, 4.69) is 32.7 Å². The van der Waals surface area contributed by atoms with Crippen molar-refractivity contribution in [1.29, 1.82) is 0 Å². The van der Waals surface area contributed by atoms with Gasteiger partial charge in [-0.2, -0.15) is 0 Å². The molecule has 0 rings (SSSR count). The van der Waals surface area contributed by atoms with E-state index in [0.717, 1.165) is 18.9 Å². The van der Waals surface area contributed by atoms with E-state index in [0.29, 0.717) is 5.92 Å². The van der Waals surface area contributed by atoms with Crippen LogP contribution in [0.3, 0.4) is 0 Å². The third kappa shape index (κ3) is 3.91. The summed E-state index contributed by atoms with van der Waals surface area (Å²) in [5.41, 5.74) is 1.39. The predicted molar refractivity (Wildman–Crippen MR) is 56.3 cm³/mol. The molecule has 0 amide bonds. The van der Waals surface area contributed by atoms with Crippen LogP contribution in [0.1, 0.15) is 33.6 Å². The molecular weight excluding hydrogens is 146 g/mol. The molecule has 1 N–H and O–H groups in total. The van der Waals surface area contributed by atoms with Crippen molar-refractivity contribution in [1.82, 2.24) is 5.32 Å². The molecule has 0 aromatic rings. The molecular formula is C11H23N. The van der Waals surface area contributed by atoms with Crippen molar-refractivity contribution >= 4 is 0 Å². The minimum Gasteiger partial charge on any atom is -0.320 e. The monoisotopic (exact) mass is 169 g/mol. The lowest BCUT2D eigenvalue weighted by Crippen LogP contribution is -2.17. The topological polar surface area (TPSA) is 12.0 Å². The van der Waals surface area contributed by atoms with Crippen molar-refractivity contribution in [3.63, 3.8) is 0 Å². The minimum atomic E-state index is 0.670. The van der Waals surface area contributed by atoms with Gasteiger partial charge in [0.15, 0.2) is 0 Å². The number of rotatable bonds is 6. The van der Waals surface area contributed by atoms with Gasteiger partial charge >= 0.3 is 0 Å². The molecule has 0 spiro atoms. The Morgan fingerprint density at radius 1 is 1.42 bits per heavy atom. The standard InChI is InChI=1S/C11H23N/c1-6-9(2)11(4)10(3)7-8-12-5/h10-12H,2,6-8H2,1,3-5H3. The SMILES string of the molecule is C=C(CC)C(C)C(C)CCNC. The van der Waals surface area contributed by atoms with Gasteiger partial charge in [-0.25, -0.2) is 0 Å². The molecule has 0 bridgehead atoms. The van der Waals surface area contributed by atoms with Gasteiger partial charge in [-0.05, 0) is 38.3 Å². The zero-order chi connectivity index (χ0) is 9.56. The highest BCUT2D eigenvalue weighted by Crippen LogP contribution is 2.23. The molecule has 0 saturated carbocycles. The second-order valence-electron chi connectivity index (χ2n) is 3.67. The van der Waals surface area contributed by atoms with Crippen LogP contribution in [0, 0.1) is 11.8 Å². The smallest absolute Gasteiger partial charge is 0.00492 e. The Kier molecular flexibility index (Phi) is 6.09. The molecule has 0 saturated heterocycles. The van der Waals surface area contributed by atoms with E-state index < -0.39 is 0 Å². The molecule has 72 valence electrons. The minimum absolute atomic E-state index is 0.670. The van der Waals surface area contributed by atoms with Crippen LogP contribution in [-0.4, -0.2) is 13.6 Å². The average Bonchev–Trinajstić information content (AvgIpc) is 2.11. The van der Waals surface area contributed by atoms with Gasteiger partial charge < -0.3 is 5.32 Å². The van der Waals surface area contributed by atoms with Gasteiger partial charge in [-0.15, -0.1) is 0 Å². The van der Waals surface area contributed by atoms with Gasteiger partial charge in [-0.1, -0.05) is 32.9 Å². The molecule has 2 atom stereocenters. The molecule has 0 radical (unpaired) electrons. The summed E-state index contributed by atoms with van der Waals surface area (Å²) in [4.78, 5) is 0. The van der Waals surface area contributed by atoms with Crippen LogP contribution in [-0.2, 0) is 0 Å². The van der Waals surface area contributed by atoms with E-state index in [9.17, 15) is 0 Å². The van der Waals surface area contributed by atoms with Crippen LogP contribution in [0.5, 0.6) is 0 Å². The Bertz CT molecular complexity index is 129. The summed E-state index contributed by atoms with van der Waals surface area (Å²) in [6.45, 7) is 12.0. The van der Waals surface area contributed by atoms with Gasteiger partial charge in [0.2, 0.25) is 0 Å². The first kappa shape index (κ1) is 11.7. The van der Waals surface area contributed by atoms with Crippen molar-refractivity contribution in [2.24, 2.45) is 11.8 Å². The average molecular weight is 169 g/mol. The summed E-state index contributed by atoms with van der Waals surface area (Å²) in [5.74, 6) is 1.42. The summed E-state index contributed by atoms with van der Waals surface area (Å²) in [5, 5.41) is 3.18. The van der Waals surface area contributed by atoms with E-state index in [1.807, 2.05) is 7.05 Å². The molecule has 12 heavy (non-hydrogen) atoms. The third-order valence-corrected chi connectivity index (χ3v) is 2.80. The molecule has 0 aromatic carbocycles. The van der Waals surface area contributed by atoms with Crippen molar-refractivity contribution in [2.75, 3.05) is 13.6 Å². The second kappa shape index (κ2) is 6.24. The first-order valence-corrected chi connectivity index (χ1v) is 4.95. The Hall–Kier alpha value is -0.300. The van der Waals surface area contributed by atoms with Crippen molar-refractivity contribution < 1.29 is 0 Å². The summed E-state index contributed by atoms with van der Waals surface area (Å²) >= 11 is 0. The first-order chi connectivity index (χ1) is 5.63. The van der Waals surface area contributed by atoms with Crippen LogP contribution >= 0.6 is 0 Å². The molecule has 0 aromatic heterocycles. The van der Waals surface area contributed by atoms with Crippen LogP contribution < -0.4 is 5.32 Å². The largest absolute Gasteiger partial charge is 0.320 e. The molecule has 0 aliphatic carbocycles. The molecule has 1 heteroatoms. The van der Waals surface area contributed by atoms with E-state index in [4.69, 9.17) is 0 Å². The Labute approximate surface area is 77.2 Å². The van der Waals surface area contributed by atoms with Crippen LogP contribution in [0.15, 0.2) is 12.2 Å². The van der Waals surface area contributed by atoms with Crippen molar-refractivity contribution in [3.05, 3.63) is 12.2 Å². The van der Waals surface area contributed by atoms with Gasteiger partial charge in [0, 0.05) is 0 Å². The van der Waals surface area contributed by atoms with Crippen molar-refractivity contribution in [3.8, 4) is 0 Å². The van der Waals surface area contributed by atoms with E-state index in [1.165, 1.54) is 12.0 Å². The Balaban J connectivity index is 3.75. The molecule has 1 nitrogen and oxygen atoms in total. The Morgan fingerprint density at radius 3 is 2.42 bits per heavy atom. The number of hydrogen-bond donors (Lipinski definition) is 1. The van der Waals surface area contributed by atoms with Gasteiger partial charge in [0.05, 0.1) is 0 Å². The molecule has 0 aliphatic rings. The van der Waals surface area contributed by atoms with E-state index in [1.54, 1.807) is 0 Å². The van der Waals surface area contributed by atoms with E-state index in [-0.39, 0.29) is 0 Å². The maximum absolute atomic E-state index is 4.08. The first-order valence-electron chi connectivity index (χ1n) is 4.95. The van der Waals surface area contributed by atoms with Crippen LogP contribution in [0.2, 0.25) is 0 Å². The van der Waals surface area contributed by atoms with Crippen LogP contribution in [0.25, 0.3) is 0 Å². The molecule has 0 heterocycles. The van der Waals surface area contributed by atoms with Crippen molar-refractivity contribution in [2.45, 2.75) is 33.6 Å². The number of allylic oxidation sites excluding steroid dienone is 1. The zero-order valence-electron chi connectivity index (χ0n) is 8.98. The fourth-order valence-electron chi connectivity index (χ4n) is 1.35. The predicted octanol–water partition coefficient (Wildman–Crippen LogP) is 2.83. The maximum atomic E-state index is 4.08. The normalized spacial score (nSPS) is 15.7. The molecule has 0 fully saturated rings. The van der Waals surface area contributed by atoms with Gasteiger partial charge in [0.1, 0.15) is 0 Å². The highest BCUT2D eigenvalue weighted by molar-refractivity contribution is 4.99. The number of hydrogen-bond acceptors (Lipinski definition) is 1. The highest BCUT2D eigenvalue weighted by Gasteiger charge is 2.12. The van der Waals surface area contributed by atoms with Gasteiger partial charge in [0.25, 0.3) is 0 Å².